The van der Waals surface area contributed by atoms with Gasteiger partial charge in [-0.15, -0.1) is 12.6 Å². The minimum atomic E-state index is 0.699. The van der Waals surface area contributed by atoms with Crippen molar-refractivity contribution in [3.05, 3.63) is 54.1 Å². The molecule has 0 unspecified atom stereocenters. The van der Waals surface area contributed by atoms with Crippen LogP contribution in [0.4, 0.5) is 0 Å². The van der Waals surface area contributed by atoms with Gasteiger partial charge >= 0.3 is 0 Å². The van der Waals surface area contributed by atoms with Crippen LogP contribution in [0, 0.1) is 6.92 Å². The van der Waals surface area contributed by atoms with Crippen molar-refractivity contribution in [1.29, 1.82) is 0 Å². The van der Waals surface area contributed by atoms with E-state index < -0.39 is 0 Å². The zero-order valence-electron chi connectivity index (χ0n) is 11.9. The Kier molecular flexibility index (Phi) is 3.71. The Morgan fingerprint density at radius 2 is 1.57 bits per heavy atom. The van der Waals surface area contributed by atoms with Gasteiger partial charge in [0.2, 0.25) is 0 Å². The second kappa shape index (κ2) is 5.66. The molecule has 1 aromatic heterocycles. The lowest BCUT2D eigenvalue weighted by molar-refractivity contribution is 0.415. The Balaban J connectivity index is 1.98. The first-order valence-electron chi connectivity index (χ1n) is 6.68. The maximum absolute atomic E-state index is 5.17. The van der Waals surface area contributed by atoms with E-state index in [2.05, 4.69) is 53.8 Å². The van der Waals surface area contributed by atoms with Crippen molar-refractivity contribution in [2.24, 2.45) is 0 Å². The molecule has 0 radical (unpaired) electrons. The number of rotatable bonds is 3. The molecule has 0 fully saturated rings. The highest BCUT2D eigenvalue weighted by molar-refractivity contribution is 7.80. The molecule has 21 heavy (non-hydrogen) atoms. The second-order valence-corrected chi connectivity index (χ2v) is 5.30. The van der Waals surface area contributed by atoms with Gasteiger partial charge in [0.25, 0.3) is 0 Å². The summed E-state index contributed by atoms with van der Waals surface area (Å²) >= 11 is 4.48. The molecule has 1 N–H and O–H groups in total. The summed E-state index contributed by atoms with van der Waals surface area (Å²) < 4.78 is 5.17. The first kappa shape index (κ1) is 13.8. The highest BCUT2D eigenvalue weighted by Gasteiger charge is 2.10. The van der Waals surface area contributed by atoms with Crippen LogP contribution in [0.5, 0.6) is 5.75 Å². The minimum absolute atomic E-state index is 0.699. The first-order valence-corrected chi connectivity index (χ1v) is 7.12. The lowest BCUT2D eigenvalue weighted by Crippen LogP contribution is -1.84. The molecule has 2 aromatic carbocycles. The van der Waals surface area contributed by atoms with E-state index in [-0.39, 0.29) is 0 Å². The van der Waals surface area contributed by atoms with E-state index in [0.29, 0.717) is 5.03 Å². The molecule has 106 valence electrons. The minimum Gasteiger partial charge on any atom is -0.497 e. The fraction of sp³-hybridized carbons (Fsp3) is 0.118. The predicted molar refractivity (Wildman–Crippen MR) is 88.0 cm³/mol. The quantitative estimate of drug-likeness (QED) is 0.705. The van der Waals surface area contributed by atoms with Gasteiger partial charge < -0.3 is 9.72 Å². The number of H-pyrrole nitrogens is 1. The first-order chi connectivity index (χ1) is 10.2. The molecule has 4 heteroatoms. The van der Waals surface area contributed by atoms with Crippen LogP contribution < -0.4 is 4.74 Å². The molecule has 0 aliphatic heterocycles. The molecule has 0 aliphatic carbocycles. The van der Waals surface area contributed by atoms with Gasteiger partial charge in [-0.25, -0.2) is 4.98 Å². The van der Waals surface area contributed by atoms with Gasteiger partial charge in [0, 0.05) is 11.1 Å². The summed E-state index contributed by atoms with van der Waals surface area (Å²) in [5.41, 5.74) is 4.25. The Labute approximate surface area is 129 Å². The highest BCUT2D eigenvalue weighted by atomic mass is 32.1. The molecule has 0 amide bonds. The standard InChI is InChI=1S/C17H16N2OS/c1-11-3-5-12(6-4-11)15-17(21)19-16(18-15)13-7-9-14(20-2)10-8-13/h3-10,21H,1-2H3,(H,18,19). The summed E-state index contributed by atoms with van der Waals surface area (Å²) in [5.74, 6) is 1.63. The number of benzene rings is 2. The van der Waals surface area contributed by atoms with E-state index in [1.807, 2.05) is 24.3 Å². The highest BCUT2D eigenvalue weighted by Crippen LogP contribution is 2.29. The summed E-state index contributed by atoms with van der Waals surface area (Å²) in [4.78, 5) is 7.85. The van der Waals surface area contributed by atoms with Crippen LogP contribution in [0.25, 0.3) is 22.6 Å². The Morgan fingerprint density at radius 3 is 2.19 bits per heavy atom. The number of ether oxygens (including phenoxy) is 1. The van der Waals surface area contributed by atoms with E-state index >= 15 is 0 Å². The Hall–Kier alpha value is -2.20. The molecule has 0 aliphatic rings. The smallest absolute Gasteiger partial charge is 0.139 e. The van der Waals surface area contributed by atoms with Crippen molar-refractivity contribution in [3.63, 3.8) is 0 Å². The van der Waals surface area contributed by atoms with Crippen LogP contribution in [0.2, 0.25) is 0 Å². The molecule has 3 rings (SSSR count). The molecule has 0 saturated carbocycles. The van der Waals surface area contributed by atoms with Crippen molar-refractivity contribution < 1.29 is 4.74 Å². The van der Waals surface area contributed by atoms with Crippen LogP contribution in [-0.2, 0) is 0 Å². The average Bonchev–Trinajstić information content (AvgIpc) is 2.90. The van der Waals surface area contributed by atoms with Gasteiger partial charge in [-0.3, -0.25) is 0 Å². The van der Waals surface area contributed by atoms with Crippen molar-refractivity contribution in [3.8, 4) is 28.4 Å². The molecule has 0 spiro atoms. The summed E-state index contributed by atoms with van der Waals surface area (Å²) in [6, 6.07) is 16.1. The lowest BCUT2D eigenvalue weighted by atomic mass is 10.1. The van der Waals surface area contributed by atoms with Gasteiger partial charge in [0.05, 0.1) is 12.8 Å². The topological polar surface area (TPSA) is 37.9 Å². The van der Waals surface area contributed by atoms with Gasteiger partial charge in [-0.1, -0.05) is 29.8 Å². The summed E-state index contributed by atoms with van der Waals surface area (Å²) in [7, 11) is 1.66. The van der Waals surface area contributed by atoms with Gasteiger partial charge in [-0.2, -0.15) is 0 Å². The van der Waals surface area contributed by atoms with E-state index in [1.165, 1.54) is 5.56 Å². The number of imidazole rings is 1. The normalized spacial score (nSPS) is 10.6. The molecule has 0 saturated heterocycles. The van der Waals surface area contributed by atoms with Crippen LogP contribution in [0.3, 0.4) is 0 Å². The maximum atomic E-state index is 5.17. The third-order valence-electron chi connectivity index (χ3n) is 3.39. The molecule has 0 bridgehead atoms. The third-order valence-corrected chi connectivity index (χ3v) is 3.71. The molecule has 3 nitrogen and oxygen atoms in total. The summed E-state index contributed by atoms with van der Waals surface area (Å²) in [5, 5.41) is 0.699. The monoisotopic (exact) mass is 296 g/mol. The zero-order valence-corrected chi connectivity index (χ0v) is 12.8. The summed E-state index contributed by atoms with van der Waals surface area (Å²) in [6.45, 7) is 2.07. The number of hydrogen-bond donors (Lipinski definition) is 2. The van der Waals surface area contributed by atoms with Gasteiger partial charge in [0.15, 0.2) is 0 Å². The van der Waals surface area contributed by atoms with E-state index in [1.54, 1.807) is 7.11 Å². The number of hydrogen-bond acceptors (Lipinski definition) is 3. The van der Waals surface area contributed by atoms with Gasteiger partial charge in [-0.05, 0) is 31.2 Å². The number of aromatic nitrogens is 2. The van der Waals surface area contributed by atoms with E-state index in [0.717, 1.165) is 28.4 Å². The Morgan fingerprint density at radius 1 is 0.952 bits per heavy atom. The third kappa shape index (κ3) is 2.81. The molecule has 0 atom stereocenters. The number of nitrogens with one attached hydrogen (secondary N) is 1. The second-order valence-electron chi connectivity index (χ2n) is 4.88. The number of methoxy groups -OCH3 is 1. The van der Waals surface area contributed by atoms with Crippen LogP contribution in [0.15, 0.2) is 53.6 Å². The maximum Gasteiger partial charge on any atom is 0.139 e. The lowest BCUT2D eigenvalue weighted by Gasteiger charge is -2.01. The number of thiol groups is 1. The number of nitrogens with zero attached hydrogens (tertiary/aromatic N) is 1. The average molecular weight is 296 g/mol. The largest absolute Gasteiger partial charge is 0.497 e. The molecular formula is C17H16N2OS. The summed E-state index contributed by atoms with van der Waals surface area (Å²) in [6.07, 6.45) is 0. The predicted octanol–water partition coefficient (Wildman–Crippen LogP) is 4.35. The van der Waals surface area contributed by atoms with Crippen molar-refractivity contribution in [1.82, 2.24) is 9.97 Å². The van der Waals surface area contributed by atoms with Gasteiger partial charge in [0.1, 0.15) is 16.6 Å². The molecular weight excluding hydrogens is 280 g/mol. The SMILES string of the molecule is COc1ccc(-c2nc(S)c(-c3ccc(C)cc3)[nH]2)cc1. The van der Waals surface area contributed by atoms with Crippen LogP contribution >= 0.6 is 12.6 Å². The van der Waals surface area contributed by atoms with Crippen LogP contribution in [-0.4, -0.2) is 17.1 Å². The van der Waals surface area contributed by atoms with Crippen LogP contribution in [0.1, 0.15) is 5.56 Å². The number of aryl methyl sites for hydroxylation is 1. The fourth-order valence-electron chi connectivity index (χ4n) is 2.17. The fourth-order valence-corrected chi connectivity index (χ4v) is 2.46. The molecule has 1 heterocycles. The molecule has 3 aromatic rings. The zero-order chi connectivity index (χ0) is 14.8. The van der Waals surface area contributed by atoms with E-state index in [4.69, 9.17) is 4.74 Å². The van der Waals surface area contributed by atoms with E-state index in [9.17, 15) is 0 Å². The number of aromatic amines is 1. The van der Waals surface area contributed by atoms with Crippen molar-refractivity contribution >= 4 is 12.6 Å². The van der Waals surface area contributed by atoms with Crippen molar-refractivity contribution in [2.45, 2.75) is 11.9 Å². The van der Waals surface area contributed by atoms with Crippen molar-refractivity contribution in [2.75, 3.05) is 7.11 Å². The Bertz CT molecular complexity index is 745.